The first-order valence-electron chi connectivity index (χ1n) is 7.32. The minimum atomic E-state index is -0.600. The molecular weight excluding hydrogens is 244 g/mol. The Kier molecular flexibility index (Phi) is 6.67. The molecule has 0 heterocycles. The summed E-state index contributed by atoms with van der Waals surface area (Å²) in [4.78, 5) is 25.1. The SMILES string of the molecule is CCCCOC(=O)N(C1CCCCC1)C(C)C(N)=O. The number of primary amides is 1. The summed E-state index contributed by atoms with van der Waals surface area (Å²) in [5.41, 5.74) is 5.35. The van der Waals surface area contributed by atoms with E-state index in [1.807, 2.05) is 6.92 Å². The highest BCUT2D eigenvalue weighted by atomic mass is 16.6. The number of ether oxygens (including phenoxy) is 1. The van der Waals surface area contributed by atoms with Gasteiger partial charge in [0, 0.05) is 6.04 Å². The summed E-state index contributed by atoms with van der Waals surface area (Å²) < 4.78 is 5.25. The molecule has 2 N–H and O–H groups in total. The largest absolute Gasteiger partial charge is 0.449 e. The monoisotopic (exact) mass is 270 g/mol. The predicted molar refractivity (Wildman–Crippen MR) is 73.6 cm³/mol. The average Bonchev–Trinajstić information content (AvgIpc) is 2.40. The predicted octanol–water partition coefficient (Wildman–Crippen LogP) is 2.43. The van der Waals surface area contributed by atoms with Crippen LogP contribution in [-0.2, 0) is 9.53 Å². The van der Waals surface area contributed by atoms with E-state index in [2.05, 4.69) is 0 Å². The number of hydrogen-bond donors (Lipinski definition) is 1. The van der Waals surface area contributed by atoms with Gasteiger partial charge >= 0.3 is 6.09 Å². The zero-order valence-electron chi connectivity index (χ0n) is 12.1. The van der Waals surface area contributed by atoms with Crippen LogP contribution in [0.1, 0.15) is 58.8 Å². The molecule has 1 fully saturated rings. The Labute approximate surface area is 115 Å². The van der Waals surface area contributed by atoms with Crippen molar-refractivity contribution in [2.75, 3.05) is 6.61 Å². The van der Waals surface area contributed by atoms with Crippen LogP contribution < -0.4 is 5.73 Å². The molecule has 1 unspecified atom stereocenters. The summed E-state index contributed by atoms with van der Waals surface area (Å²) in [5, 5.41) is 0. The van der Waals surface area contributed by atoms with Gasteiger partial charge in [0.25, 0.3) is 0 Å². The van der Waals surface area contributed by atoms with Gasteiger partial charge < -0.3 is 10.5 Å². The first-order chi connectivity index (χ1) is 9.07. The molecule has 1 saturated carbocycles. The molecule has 0 aromatic rings. The maximum atomic E-state index is 12.2. The van der Waals surface area contributed by atoms with Crippen LogP contribution in [0.4, 0.5) is 4.79 Å². The maximum absolute atomic E-state index is 12.2. The van der Waals surface area contributed by atoms with Crippen LogP contribution in [0.5, 0.6) is 0 Å². The van der Waals surface area contributed by atoms with E-state index >= 15 is 0 Å². The molecule has 1 atom stereocenters. The van der Waals surface area contributed by atoms with E-state index in [4.69, 9.17) is 10.5 Å². The van der Waals surface area contributed by atoms with Gasteiger partial charge in [0.1, 0.15) is 6.04 Å². The van der Waals surface area contributed by atoms with Crippen LogP contribution in [0.3, 0.4) is 0 Å². The van der Waals surface area contributed by atoms with Gasteiger partial charge in [0.2, 0.25) is 5.91 Å². The zero-order valence-corrected chi connectivity index (χ0v) is 12.1. The molecule has 0 saturated heterocycles. The molecular formula is C14H26N2O3. The molecule has 0 aromatic heterocycles. The first kappa shape index (κ1) is 15.8. The summed E-state index contributed by atoms with van der Waals surface area (Å²) in [7, 11) is 0. The number of rotatable bonds is 6. The van der Waals surface area contributed by atoms with Crippen molar-refractivity contribution in [2.24, 2.45) is 5.73 Å². The Bertz CT molecular complexity index is 301. The van der Waals surface area contributed by atoms with Gasteiger partial charge in [-0.2, -0.15) is 0 Å². The number of unbranched alkanes of at least 4 members (excludes halogenated alkanes) is 1. The van der Waals surface area contributed by atoms with Crippen molar-refractivity contribution in [3.63, 3.8) is 0 Å². The van der Waals surface area contributed by atoms with E-state index in [0.29, 0.717) is 6.61 Å². The molecule has 1 aliphatic carbocycles. The van der Waals surface area contributed by atoms with E-state index in [9.17, 15) is 9.59 Å². The lowest BCUT2D eigenvalue weighted by atomic mass is 9.93. The van der Waals surface area contributed by atoms with Gasteiger partial charge in [0.05, 0.1) is 6.61 Å². The number of carbonyl (C=O) groups excluding carboxylic acids is 2. The minimum absolute atomic E-state index is 0.0883. The molecule has 0 aromatic carbocycles. The van der Waals surface area contributed by atoms with Crippen molar-refractivity contribution in [3.05, 3.63) is 0 Å². The summed E-state index contributed by atoms with van der Waals surface area (Å²) in [6.45, 7) is 4.13. The van der Waals surface area contributed by atoms with Crippen LogP contribution in [0.25, 0.3) is 0 Å². The molecule has 19 heavy (non-hydrogen) atoms. The second-order valence-corrected chi connectivity index (χ2v) is 5.25. The molecule has 1 rings (SSSR count). The molecule has 0 spiro atoms. The highest BCUT2D eigenvalue weighted by molar-refractivity contribution is 5.84. The summed E-state index contributed by atoms with van der Waals surface area (Å²) in [6, 6.07) is -0.511. The number of hydrogen-bond acceptors (Lipinski definition) is 3. The standard InChI is InChI=1S/C14H26N2O3/c1-3-4-10-19-14(18)16(11(2)13(15)17)12-8-6-5-7-9-12/h11-12H,3-10H2,1-2H3,(H2,15,17). The molecule has 2 amide bonds. The van der Waals surface area contributed by atoms with Crippen LogP contribution in [0.15, 0.2) is 0 Å². The molecule has 0 radical (unpaired) electrons. The van der Waals surface area contributed by atoms with Gasteiger partial charge in [-0.25, -0.2) is 4.79 Å². The zero-order chi connectivity index (χ0) is 14.3. The highest BCUT2D eigenvalue weighted by Crippen LogP contribution is 2.25. The van der Waals surface area contributed by atoms with Gasteiger partial charge in [-0.05, 0) is 26.2 Å². The summed E-state index contributed by atoms with van der Waals surface area (Å²) in [6.07, 6.45) is 6.66. The second-order valence-electron chi connectivity index (χ2n) is 5.25. The third-order valence-corrected chi connectivity index (χ3v) is 3.73. The van der Waals surface area contributed by atoms with E-state index in [1.165, 1.54) is 6.42 Å². The molecule has 110 valence electrons. The molecule has 5 heteroatoms. The quantitative estimate of drug-likeness (QED) is 0.753. The van der Waals surface area contributed by atoms with Crippen molar-refractivity contribution in [1.82, 2.24) is 4.90 Å². The van der Waals surface area contributed by atoms with Crippen molar-refractivity contribution >= 4 is 12.0 Å². The van der Waals surface area contributed by atoms with Crippen molar-refractivity contribution in [2.45, 2.75) is 70.9 Å². The van der Waals surface area contributed by atoms with Crippen molar-refractivity contribution < 1.29 is 14.3 Å². The van der Waals surface area contributed by atoms with E-state index in [0.717, 1.165) is 38.5 Å². The van der Waals surface area contributed by atoms with Gasteiger partial charge in [0.15, 0.2) is 0 Å². The number of carbonyl (C=O) groups is 2. The lowest BCUT2D eigenvalue weighted by molar-refractivity contribution is -0.123. The molecule has 0 aliphatic heterocycles. The Morgan fingerprint density at radius 2 is 1.95 bits per heavy atom. The van der Waals surface area contributed by atoms with Crippen molar-refractivity contribution in [3.8, 4) is 0 Å². The number of amides is 2. The maximum Gasteiger partial charge on any atom is 0.410 e. The fourth-order valence-corrected chi connectivity index (χ4v) is 2.50. The van der Waals surface area contributed by atoms with Crippen LogP contribution in [-0.4, -0.2) is 35.6 Å². The molecule has 0 bridgehead atoms. The van der Waals surface area contributed by atoms with E-state index in [-0.39, 0.29) is 6.04 Å². The Morgan fingerprint density at radius 1 is 1.32 bits per heavy atom. The highest BCUT2D eigenvalue weighted by Gasteiger charge is 2.33. The Morgan fingerprint density at radius 3 is 2.47 bits per heavy atom. The van der Waals surface area contributed by atoms with Crippen LogP contribution in [0, 0.1) is 0 Å². The minimum Gasteiger partial charge on any atom is -0.449 e. The summed E-state index contributed by atoms with van der Waals surface area (Å²) >= 11 is 0. The summed E-state index contributed by atoms with van der Waals surface area (Å²) in [5.74, 6) is -0.474. The lowest BCUT2D eigenvalue weighted by Gasteiger charge is -2.36. The first-order valence-corrected chi connectivity index (χ1v) is 7.32. The van der Waals surface area contributed by atoms with Crippen LogP contribution in [0.2, 0.25) is 0 Å². The fraction of sp³-hybridized carbons (Fsp3) is 0.857. The Balaban J connectivity index is 2.67. The molecule has 1 aliphatic rings. The van der Waals surface area contributed by atoms with Gasteiger partial charge in [-0.1, -0.05) is 32.6 Å². The lowest BCUT2D eigenvalue weighted by Crippen LogP contribution is -2.52. The second kappa shape index (κ2) is 8.02. The topological polar surface area (TPSA) is 72.6 Å². The van der Waals surface area contributed by atoms with E-state index < -0.39 is 18.0 Å². The normalized spacial score (nSPS) is 17.8. The van der Waals surface area contributed by atoms with Gasteiger partial charge in [-0.3, -0.25) is 9.69 Å². The smallest absolute Gasteiger partial charge is 0.410 e. The number of nitrogens with two attached hydrogens (primary N) is 1. The third kappa shape index (κ3) is 4.73. The fourth-order valence-electron chi connectivity index (χ4n) is 2.50. The van der Waals surface area contributed by atoms with Gasteiger partial charge in [-0.15, -0.1) is 0 Å². The third-order valence-electron chi connectivity index (χ3n) is 3.73. The van der Waals surface area contributed by atoms with E-state index in [1.54, 1.807) is 11.8 Å². The Hall–Kier alpha value is -1.26. The average molecular weight is 270 g/mol. The molecule has 5 nitrogen and oxygen atoms in total. The van der Waals surface area contributed by atoms with Crippen molar-refractivity contribution in [1.29, 1.82) is 0 Å². The number of nitrogens with zero attached hydrogens (tertiary/aromatic N) is 1. The van der Waals surface area contributed by atoms with Crippen LogP contribution >= 0.6 is 0 Å².